The number of halogens is 3. The van der Waals surface area contributed by atoms with Gasteiger partial charge in [-0.3, -0.25) is 4.79 Å². The maximum Gasteiger partial charge on any atom is 0.420 e. The summed E-state index contributed by atoms with van der Waals surface area (Å²) in [6, 6.07) is 7.58. The van der Waals surface area contributed by atoms with Gasteiger partial charge in [0.25, 0.3) is 0 Å². The van der Waals surface area contributed by atoms with Crippen LogP contribution in [-0.2, 0) is 21.0 Å². The molecule has 2 rings (SSSR count). The number of benzene rings is 2. The van der Waals surface area contributed by atoms with Crippen LogP contribution in [0.4, 0.5) is 18.9 Å². The third-order valence-corrected chi connectivity index (χ3v) is 3.82. The molecule has 128 valence electrons. The fraction of sp³-hybridized carbons (Fsp3) is 0.0714. The molecule has 0 aliphatic rings. The number of carbonyl (C=O) groups is 1. The van der Waals surface area contributed by atoms with E-state index in [9.17, 15) is 26.4 Å². The summed E-state index contributed by atoms with van der Waals surface area (Å²) in [6.45, 7) is 0. The predicted molar refractivity (Wildman–Crippen MR) is 79.0 cm³/mol. The summed E-state index contributed by atoms with van der Waals surface area (Å²) in [5.41, 5.74) is -1.14. The lowest BCUT2D eigenvalue weighted by Gasteiger charge is -2.15. The largest absolute Gasteiger partial charge is 0.457 e. The molecule has 10 heteroatoms. The molecule has 2 aromatic rings. The summed E-state index contributed by atoms with van der Waals surface area (Å²) in [4.78, 5) is 10.1. The van der Waals surface area contributed by atoms with Crippen molar-refractivity contribution < 1.29 is 31.1 Å². The molecule has 1 amide bonds. The average molecular weight is 360 g/mol. The molecule has 2 aromatic carbocycles. The molecule has 24 heavy (non-hydrogen) atoms. The Morgan fingerprint density at radius 1 is 1.08 bits per heavy atom. The summed E-state index contributed by atoms with van der Waals surface area (Å²) in [5.74, 6) is -0.508. The first kappa shape index (κ1) is 17.8. The van der Waals surface area contributed by atoms with Crippen LogP contribution in [0.25, 0.3) is 0 Å². The summed E-state index contributed by atoms with van der Waals surface area (Å²) in [7, 11) is -3.91. The van der Waals surface area contributed by atoms with Crippen molar-refractivity contribution in [3.8, 4) is 11.5 Å². The normalized spacial score (nSPS) is 11.8. The van der Waals surface area contributed by atoms with Gasteiger partial charge in [-0.25, -0.2) is 13.6 Å². The highest BCUT2D eigenvalue weighted by atomic mass is 32.2. The number of carbonyl (C=O) groups excluding carboxylic acids is 1. The second-order valence-electron chi connectivity index (χ2n) is 4.59. The summed E-state index contributed by atoms with van der Waals surface area (Å²) < 4.78 is 66.7. The van der Waals surface area contributed by atoms with Gasteiger partial charge in [0.2, 0.25) is 16.4 Å². The molecule has 0 spiro atoms. The summed E-state index contributed by atoms with van der Waals surface area (Å²) in [5, 5.41) is 7.05. The minimum atomic E-state index is -4.71. The average Bonchev–Trinajstić information content (AvgIpc) is 2.47. The fourth-order valence-electron chi connectivity index (χ4n) is 1.82. The van der Waals surface area contributed by atoms with Crippen LogP contribution in [0.5, 0.6) is 11.5 Å². The molecule has 0 heterocycles. The van der Waals surface area contributed by atoms with E-state index in [1.807, 2.05) is 0 Å². The molecule has 0 aromatic heterocycles. The first-order chi connectivity index (χ1) is 11.1. The van der Waals surface area contributed by atoms with Gasteiger partial charge >= 0.3 is 6.18 Å². The molecule has 3 N–H and O–H groups in total. The van der Waals surface area contributed by atoms with Gasteiger partial charge in [0.15, 0.2) is 0 Å². The Labute approximate surface area is 135 Å². The molecule has 0 bridgehead atoms. The predicted octanol–water partition coefficient (Wildman–Crippen LogP) is 2.71. The number of nitrogens with one attached hydrogen (secondary N) is 1. The van der Waals surface area contributed by atoms with Crippen molar-refractivity contribution >= 4 is 22.1 Å². The number of alkyl halides is 3. The van der Waals surface area contributed by atoms with Gasteiger partial charge in [-0.05, 0) is 42.5 Å². The maximum absolute atomic E-state index is 13.1. The van der Waals surface area contributed by atoms with E-state index in [4.69, 9.17) is 9.88 Å². The van der Waals surface area contributed by atoms with Gasteiger partial charge in [-0.2, -0.15) is 13.2 Å². The monoisotopic (exact) mass is 360 g/mol. The Hall–Kier alpha value is -2.59. The van der Waals surface area contributed by atoms with Crippen molar-refractivity contribution in [3.63, 3.8) is 0 Å². The molecule has 0 saturated heterocycles. The second-order valence-corrected chi connectivity index (χ2v) is 6.15. The zero-order valence-electron chi connectivity index (χ0n) is 11.9. The first-order valence-electron chi connectivity index (χ1n) is 6.33. The highest BCUT2D eigenvalue weighted by molar-refractivity contribution is 7.89. The number of primary sulfonamides is 1. The smallest absolute Gasteiger partial charge is 0.420 e. The molecule has 0 unspecified atom stereocenters. The van der Waals surface area contributed by atoms with E-state index >= 15 is 0 Å². The van der Waals surface area contributed by atoms with Crippen LogP contribution in [0.2, 0.25) is 0 Å². The number of hydrogen-bond donors (Lipinski definition) is 2. The number of nitrogens with two attached hydrogens (primary N) is 1. The lowest BCUT2D eigenvalue weighted by molar-refractivity contribution is -0.138. The summed E-state index contributed by atoms with van der Waals surface area (Å²) in [6.07, 6.45) is -4.46. The van der Waals surface area contributed by atoms with Crippen LogP contribution < -0.4 is 15.2 Å². The summed E-state index contributed by atoms with van der Waals surface area (Å²) >= 11 is 0. The molecule has 0 aliphatic carbocycles. The van der Waals surface area contributed by atoms with Gasteiger partial charge in [-0.1, -0.05) is 0 Å². The lowest BCUT2D eigenvalue weighted by Crippen LogP contribution is -2.11. The Balaban J connectivity index is 2.37. The Morgan fingerprint density at radius 3 is 2.21 bits per heavy atom. The van der Waals surface area contributed by atoms with Crippen molar-refractivity contribution in [2.24, 2.45) is 5.14 Å². The van der Waals surface area contributed by atoms with Gasteiger partial charge in [-0.15, -0.1) is 0 Å². The van der Waals surface area contributed by atoms with Crippen LogP contribution >= 0.6 is 0 Å². The highest BCUT2D eigenvalue weighted by Gasteiger charge is 2.35. The van der Waals surface area contributed by atoms with Crippen molar-refractivity contribution in [2.75, 3.05) is 5.32 Å². The molecule has 0 saturated carbocycles. The molecule has 0 atom stereocenters. The quantitative estimate of drug-likeness (QED) is 0.801. The van der Waals surface area contributed by atoms with Crippen LogP contribution in [0.15, 0.2) is 47.4 Å². The maximum atomic E-state index is 13.1. The van der Waals surface area contributed by atoms with Gasteiger partial charge in [0.05, 0.1) is 4.90 Å². The van der Waals surface area contributed by atoms with E-state index < -0.39 is 27.5 Å². The first-order valence-corrected chi connectivity index (χ1v) is 7.88. The Morgan fingerprint density at radius 2 is 1.71 bits per heavy atom. The van der Waals surface area contributed by atoms with Crippen LogP contribution in [0, 0.1) is 0 Å². The van der Waals surface area contributed by atoms with Crippen molar-refractivity contribution in [3.05, 3.63) is 48.0 Å². The lowest BCUT2D eigenvalue weighted by atomic mass is 10.1. The number of amides is 1. The SMILES string of the molecule is NS(=O)(=O)c1ccc(Oc2ccc(NC=O)cc2C(F)(F)F)cc1. The van der Waals surface area contributed by atoms with E-state index in [0.717, 1.165) is 24.3 Å². The van der Waals surface area contributed by atoms with Crippen LogP contribution in [-0.4, -0.2) is 14.8 Å². The van der Waals surface area contributed by atoms with Crippen molar-refractivity contribution in [2.45, 2.75) is 11.1 Å². The van der Waals surface area contributed by atoms with Crippen LogP contribution in [0.3, 0.4) is 0 Å². The van der Waals surface area contributed by atoms with E-state index in [-0.39, 0.29) is 22.7 Å². The van der Waals surface area contributed by atoms with E-state index in [1.165, 1.54) is 18.2 Å². The number of ether oxygens (including phenoxy) is 1. The number of rotatable bonds is 5. The number of hydrogen-bond acceptors (Lipinski definition) is 4. The standard InChI is InChI=1S/C14H11F3N2O4S/c15-14(16,17)12-7-9(19-8-20)1-6-13(12)23-10-2-4-11(5-3-10)24(18,21)22/h1-8H,(H,19,20)(H2,18,21,22). The fourth-order valence-corrected chi connectivity index (χ4v) is 2.34. The third kappa shape index (κ3) is 4.24. The second kappa shape index (κ2) is 6.49. The third-order valence-electron chi connectivity index (χ3n) is 2.89. The minimum absolute atomic E-state index is 0.0102. The molecular weight excluding hydrogens is 349 g/mol. The molecule has 0 fully saturated rings. The van der Waals surface area contributed by atoms with E-state index in [0.29, 0.717) is 0 Å². The Kier molecular flexibility index (Phi) is 4.81. The number of sulfonamides is 1. The molecule has 0 radical (unpaired) electrons. The Bertz CT molecular complexity index is 849. The van der Waals surface area contributed by atoms with Crippen LogP contribution in [0.1, 0.15) is 5.56 Å². The minimum Gasteiger partial charge on any atom is -0.457 e. The highest BCUT2D eigenvalue weighted by Crippen LogP contribution is 2.39. The van der Waals surface area contributed by atoms with Crippen molar-refractivity contribution in [1.82, 2.24) is 0 Å². The molecular formula is C14H11F3N2O4S. The van der Waals surface area contributed by atoms with E-state index in [2.05, 4.69) is 5.32 Å². The molecule has 0 aliphatic heterocycles. The zero-order valence-corrected chi connectivity index (χ0v) is 12.7. The van der Waals surface area contributed by atoms with Gasteiger partial charge < -0.3 is 10.1 Å². The topological polar surface area (TPSA) is 98.5 Å². The zero-order chi connectivity index (χ0) is 18.0. The van der Waals surface area contributed by atoms with Crippen molar-refractivity contribution in [1.29, 1.82) is 0 Å². The van der Waals surface area contributed by atoms with Gasteiger partial charge in [0, 0.05) is 5.69 Å². The van der Waals surface area contributed by atoms with E-state index in [1.54, 1.807) is 0 Å². The molecule has 6 nitrogen and oxygen atoms in total. The van der Waals surface area contributed by atoms with Gasteiger partial charge in [0.1, 0.15) is 17.1 Å². The number of anilines is 1.